The van der Waals surface area contributed by atoms with E-state index in [1.54, 1.807) is 20.8 Å². The molecular formula is C34H94O10. The number of hydrogen-bond acceptors (Lipinski definition) is 10. The summed E-state index contributed by atoms with van der Waals surface area (Å²) in [5, 5.41) is 17.6. The molecule has 0 radical (unpaired) electrons. The Morgan fingerprint density at radius 2 is 0.545 bits per heavy atom. The van der Waals surface area contributed by atoms with Gasteiger partial charge in [-0.1, -0.05) is 140 Å². The number of aliphatic hydroxyl groups excluding tert-OH is 2. The van der Waals surface area contributed by atoms with Crippen molar-refractivity contribution in [3.8, 4) is 0 Å². The molecule has 0 aliphatic heterocycles. The molecule has 2 N–H and O–H groups in total. The zero-order valence-corrected chi connectivity index (χ0v) is 16.5. The lowest BCUT2D eigenvalue weighted by Gasteiger charge is -2.13. The van der Waals surface area contributed by atoms with E-state index in [0.717, 1.165) is 0 Å². The molecule has 10 nitrogen and oxygen atoms in total. The van der Waals surface area contributed by atoms with Gasteiger partial charge in [-0.2, -0.15) is 0 Å². The van der Waals surface area contributed by atoms with E-state index >= 15 is 0 Å². The lowest BCUT2D eigenvalue weighted by Crippen LogP contribution is -2.23. The molecule has 0 aliphatic rings. The molecule has 0 saturated heterocycles. The summed E-state index contributed by atoms with van der Waals surface area (Å²) in [5.74, 6) is -3.83. The van der Waals surface area contributed by atoms with Crippen molar-refractivity contribution in [2.75, 3.05) is 39.6 Å². The van der Waals surface area contributed by atoms with Crippen molar-refractivity contribution < 1.29 is 48.3 Å². The Bertz CT molecular complexity index is 468. The molecule has 0 aliphatic carbocycles. The molecule has 0 fully saturated rings. The maximum Gasteiger partial charge on any atom is 0.317 e. The molecule has 10 heteroatoms. The molecular weight excluding hydrogens is 568 g/mol. The molecule has 2 unspecified atom stereocenters. The lowest BCUT2D eigenvalue weighted by molar-refractivity contribution is -0.156. The summed E-state index contributed by atoms with van der Waals surface area (Å²) in [6.07, 6.45) is -1.11. The standard InChI is InChI=1S/C18H30O10.16CH4/c1-12(6-19)8-25-15(21)4-17(23)27-10-14(3)11-28-18(24)5-16(22)26-9-13(2)7-20;;;;;;;;;;;;;;;;/h12-14,19-20H,4-11H2,1-3H3;16*1H4. The van der Waals surface area contributed by atoms with Crippen molar-refractivity contribution >= 4 is 23.9 Å². The minimum atomic E-state index is -0.776. The van der Waals surface area contributed by atoms with E-state index < -0.39 is 36.7 Å². The summed E-state index contributed by atoms with van der Waals surface area (Å²) in [4.78, 5) is 45.9. The van der Waals surface area contributed by atoms with Crippen LogP contribution in [-0.2, 0) is 38.1 Å². The van der Waals surface area contributed by atoms with Gasteiger partial charge in [0.05, 0.1) is 26.4 Å². The predicted octanol–water partition coefficient (Wildman–Crippen LogP) is 10.0. The largest absolute Gasteiger partial charge is 0.465 e. The third kappa shape index (κ3) is 67.5. The van der Waals surface area contributed by atoms with E-state index in [9.17, 15) is 19.2 Å². The van der Waals surface area contributed by atoms with Gasteiger partial charge >= 0.3 is 23.9 Å². The van der Waals surface area contributed by atoms with E-state index in [2.05, 4.69) is 0 Å². The fraction of sp³-hybridized carbons (Fsp3) is 0.882. The van der Waals surface area contributed by atoms with Crippen LogP contribution in [0.5, 0.6) is 0 Å². The van der Waals surface area contributed by atoms with E-state index in [1.165, 1.54) is 0 Å². The third-order valence-electron chi connectivity index (χ3n) is 3.32. The highest BCUT2D eigenvalue weighted by atomic mass is 16.6. The maximum atomic E-state index is 11.5. The second kappa shape index (κ2) is 68.1. The smallest absolute Gasteiger partial charge is 0.317 e. The summed E-state index contributed by atoms with van der Waals surface area (Å²) >= 11 is 0. The van der Waals surface area contributed by atoms with Crippen molar-refractivity contribution in [1.82, 2.24) is 0 Å². The highest BCUT2D eigenvalue weighted by Crippen LogP contribution is 2.03. The highest BCUT2D eigenvalue weighted by molar-refractivity contribution is 5.91. The second-order valence-corrected chi connectivity index (χ2v) is 6.77. The van der Waals surface area contributed by atoms with Crippen LogP contribution >= 0.6 is 0 Å². The van der Waals surface area contributed by atoms with Crippen molar-refractivity contribution in [2.24, 2.45) is 17.8 Å². The highest BCUT2D eigenvalue weighted by Gasteiger charge is 2.17. The quantitative estimate of drug-likeness (QED) is 0.105. The van der Waals surface area contributed by atoms with E-state index in [-0.39, 0.29) is 176 Å². The van der Waals surface area contributed by atoms with Crippen LogP contribution in [0.2, 0.25) is 0 Å². The number of carbonyl (C=O) groups excluding carboxylic acids is 4. The van der Waals surface area contributed by atoms with Gasteiger partial charge in [0.25, 0.3) is 0 Å². The average Bonchev–Trinajstić information content (AvgIpc) is 2.66. The Labute approximate surface area is 282 Å². The van der Waals surface area contributed by atoms with Gasteiger partial charge in [0.2, 0.25) is 0 Å². The lowest BCUT2D eigenvalue weighted by atomic mass is 10.2. The van der Waals surface area contributed by atoms with Gasteiger partial charge < -0.3 is 29.2 Å². The number of hydrogen-bond donors (Lipinski definition) is 2. The van der Waals surface area contributed by atoms with Crippen LogP contribution < -0.4 is 0 Å². The van der Waals surface area contributed by atoms with Crippen LogP contribution in [0.1, 0.15) is 152 Å². The number of rotatable bonds is 14. The van der Waals surface area contributed by atoms with E-state index in [0.29, 0.717) is 0 Å². The van der Waals surface area contributed by atoms with Crippen molar-refractivity contribution in [2.45, 2.75) is 152 Å². The molecule has 0 saturated carbocycles. The first-order valence-electron chi connectivity index (χ1n) is 9.02. The molecule has 0 aromatic rings. The Hall–Kier alpha value is -2.20. The monoisotopic (exact) mass is 663 g/mol. The topological polar surface area (TPSA) is 146 Å². The summed E-state index contributed by atoms with van der Waals surface area (Å²) in [6, 6.07) is 0. The summed E-state index contributed by atoms with van der Waals surface area (Å²) < 4.78 is 19.4. The van der Waals surface area contributed by atoms with Gasteiger partial charge in [0, 0.05) is 31.0 Å². The Kier molecular flexibility index (Phi) is 175. The predicted molar refractivity (Wildman–Crippen MR) is 202 cm³/mol. The van der Waals surface area contributed by atoms with E-state index in [4.69, 9.17) is 29.2 Å². The minimum Gasteiger partial charge on any atom is -0.465 e. The first kappa shape index (κ1) is 113. The van der Waals surface area contributed by atoms with Gasteiger partial charge in [-0.25, -0.2) is 0 Å². The molecule has 0 bridgehead atoms. The van der Waals surface area contributed by atoms with Crippen LogP contribution in [-0.4, -0.2) is 73.7 Å². The van der Waals surface area contributed by atoms with Crippen molar-refractivity contribution in [3.05, 3.63) is 0 Å². The number of esters is 4. The molecule has 0 aromatic carbocycles. The van der Waals surface area contributed by atoms with Crippen LogP contribution in [0.4, 0.5) is 0 Å². The summed E-state index contributed by atoms with van der Waals surface area (Å²) in [5.41, 5.74) is 0. The molecule has 0 spiro atoms. The van der Waals surface area contributed by atoms with Crippen LogP contribution in [0.3, 0.4) is 0 Å². The fourth-order valence-corrected chi connectivity index (χ4v) is 1.53. The maximum absolute atomic E-state index is 11.5. The molecule has 44 heavy (non-hydrogen) atoms. The van der Waals surface area contributed by atoms with Crippen LogP contribution in [0, 0.1) is 17.8 Å². The molecule has 0 aromatic heterocycles. The Morgan fingerprint density at radius 3 is 0.705 bits per heavy atom. The van der Waals surface area contributed by atoms with Gasteiger partial charge in [0.15, 0.2) is 0 Å². The Balaban J connectivity index is -0.0000000304. The number of ether oxygens (including phenoxy) is 4. The normalized spacial score (nSPS) is 8.75. The summed E-state index contributed by atoms with van der Waals surface area (Å²) in [6.45, 7) is 4.63. The molecule has 2 atom stereocenters. The Morgan fingerprint density at radius 1 is 0.386 bits per heavy atom. The SMILES string of the molecule is C.C.C.C.C.C.C.C.C.C.C.C.C.C.C.C.CC(CO)COC(=O)CC(=O)OCC(C)COC(=O)CC(=O)OCC(C)CO. The molecule has 290 valence electrons. The molecule has 0 rings (SSSR count). The van der Waals surface area contributed by atoms with Gasteiger partial charge in [-0.15, -0.1) is 0 Å². The summed E-state index contributed by atoms with van der Waals surface area (Å²) in [7, 11) is 0. The van der Waals surface area contributed by atoms with Crippen LogP contribution in [0.15, 0.2) is 0 Å². The molecule has 0 heterocycles. The first-order chi connectivity index (χ1) is 13.2. The van der Waals surface area contributed by atoms with Crippen LogP contribution in [0.25, 0.3) is 0 Å². The number of aliphatic hydroxyl groups is 2. The minimum absolute atomic E-state index is 0. The first-order valence-corrected chi connectivity index (χ1v) is 9.02. The van der Waals surface area contributed by atoms with Gasteiger partial charge in [-0.05, 0) is 0 Å². The number of carbonyl (C=O) groups is 4. The van der Waals surface area contributed by atoms with Gasteiger partial charge in [0.1, 0.15) is 12.8 Å². The average molecular weight is 663 g/mol. The zero-order valence-electron chi connectivity index (χ0n) is 16.5. The molecule has 0 amide bonds. The second-order valence-electron chi connectivity index (χ2n) is 6.77. The van der Waals surface area contributed by atoms with Crippen molar-refractivity contribution in [3.63, 3.8) is 0 Å². The fourth-order valence-electron chi connectivity index (χ4n) is 1.53. The van der Waals surface area contributed by atoms with Gasteiger partial charge in [-0.3, -0.25) is 19.2 Å². The van der Waals surface area contributed by atoms with E-state index in [1.807, 2.05) is 0 Å². The van der Waals surface area contributed by atoms with Crippen molar-refractivity contribution in [1.29, 1.82) is 0 Å². The third-order valence-corrected chi connectivity index (χ3v) is 3.32. The zero-order chi connectivity index (χ0) is 21.5.